The second-order valence-corrected chi connectivity index (χ2v) is 5.75. The van der Waals surface area contributed by atoms with Gasteiger partial charge < -0.3 is 15.2 Å². The van der Waals surface area contributed by atoms with Crippen molar-refractivity contribution in [2.24, 2.45) is 0 Å². The first-order chi connectivity index (χ1) is 12.6. The van der Waals surface area contributed by atoms with Crippen LogP contribution in [-0.4, -0.2) is 24.5 Å². The Hall–Kier alpha value is -3.01. The van der Waals surface area contributed by atoms with Crippen molar-refractivity contribution in [3.63, 3.8) is 0 Å². The molecular formula is C22H25NO3. The van der Waals surface area contributed by atoms with Gasteiger partial charge in [0, 0.05) is 29.9 Å². The van der Waals surface area contributed by atoms with E-state index in [1.165, 1.54) is 6.08 Å². The summed E-state index contributed by atoms with van der Waals surface area (Å²) in [6.07, 6.45) is 7.79. The van der Waals surface area contributed by atoms with Crippen molar-refractivity contribution < 1.29 is 14.6 Å². The number of nitrogens with one attached hydrogen (secondary N) is 1. The van der Waals surface area contributed by atoms with Crippen LogP contribution in [0.1, 0.15) is 35.3 Å². The lowest BCUT2D eigenvalue weighted by atomic mass is 10.0. The lowest BCUT2D eigenvalue weighted by Gasteiger charge is -2.11. The molecule has 0 aliphatic heterocycles. The van der Waals surface area contributed by atoms with Gasteiger partial charge in [-0.3, -0.25) is 4.79 Å². The first-order valence-corrected chi connectivity index (χ1v) is 8.69. The third-order valence-corrected chi connectivity index (χ3v) is 3.96. The van der Waals surface area contributed by atoms with Gasteiger partial charge in [0.05, 0.1) is 6.61 Å². The molecule has 0 bridgehead atoms. The molecule has 0 aliphatic carbocycles. The fourth-order valence-electron chi connectivity index (χ4n) is 2.51. The van der Waals surface area contributed by atoms with Gasteiger partial charge in [0.1, 0.15) is 11.5 Å². The number of rotatable bonds is 8. The highest BCUT2D eigenvalue weighted by Gasteiger charge is 2.09. The molecule has 0 atom stereocenters. The van der Waals surface area contributed by atoms with Crippen LogP contribution in [0, 0.1) is 0 Å². The van der Waals surface area contributed by atoms with Crippen molar-refractivity contribution in [2.45, 2.75) is 20.3 Å². The molecule has 136 valence electrons. The Balaban J connectivity index is 2.29. The summed E-state index contributed by atoms with van der Waals surface area (Å²) in [6, 6.07) is 10.8. The van der Waals surface area contributed by atoms with Gasteiger partial charge in [-0.05, 0) is 68.3 Å². The molecule has 0 saturated carbocycles. The normalized spacial score (nSPS) is 11.2. The number of carbonyl (C=O) groups is 1. The highest BCUT2D eigenvalue weighted by Crippen LogP contribution is 2.30. The fourth-order valence-corrected chi connectivity index (χ4v) is 2.51. The third kappa shape index (κ3) is 4.99. The Kier molecular flexibility index (Phi) is 7.03. The number of allylic oxidation sites excluding steroid dienone is 3. The van der Waals surface area contributed by atoms with Crippen LogP contribution in [0.4, 0.5) is 5.69 Å². The molecule has 0 aliphatic rings. The zero-order valence-electron chi connectivity index (χ0n) is 15.5. The fraction of sp³-hybridized carbons (Fsp3) is 0.227. The van der Waals surface area contributed by atoms with Crippen LogP contribution in [0.15, 0.2) is 54.6 Å². The minimum atomic E-state index is -0.0850. The number of ketones is 1. The van der Waals surface area contributed by atoms with E-state index in [1.54, 1.807) is 24.3 Å². The quantitative estimate of drug-likeness (QED) is 0.406. The molecule has 2 N–H and O–H groups in total. The van der Waals surface area contributed by atoms with E-state index in [2.05, 4.69) is 5.32 Å². The molecule has 0 aromatic heterocycles. The van der Waals surface area contributed by atoms with E-state index in [-0.39, 0.29) is 11.5 Å². The monoisotopic (exact) mass is 351 g/mol. The molecule has 4 heteroatoms. The van der Waals surface area contributed by atoms with Crippen LogP contribution in [0.5, 0.6) is 11.5 Å². The molecule has 26 heavy (non-hydrogen) atoms. The number of phenols is 1. The van der Waals surface area contributed by atoms with Crippen molar-refractivity contribution in [3.05, 3.63) is 71.3 Å². The molecule has 2 rings (SSSR count). The number of aromatic hydroxyl groups is 1. The van der Waals surface area contributed by atoms with Crippen LogP contribution >= 0.6 is 0 Å². The van der Waals surface area contributed by atoms with Gasteiger partial charge in [-0.1, -0.05) is 12.2 Å². The summed E-state index contributed by atoms with van der Waals surface area (Å²) < 4.78 is 5.60. The Morgan fingerprint density at radius 2 is 1.96 bits per heavy atom. The van der Waals surface area contributed by atoms with Crippen molar-refractivity contribution >= 4 is 17.5 Å². The molecule has 0 unspecified atom stereocenters. The van der Waals surface area contributed by atoms with Gasteiger partial charge in [0.2, 0.25) is 0 Å². The Labute approximate surface area is 154 Å². The number of hydrogen-bond acceptors (Lipinski definition) is 4. The summed E-state index contributed by atoms with van der Waals surface area (Å²) in [4.78, 5) is 12.4. The van der Waals surface area contributed by atoms with E-state index in [9.17, 15) is 9.90 Å². The number of phenolic OH excluding ortho intramolecular Hbond substituents is 1. The largest absolute Gasteiger partial charge is 0.508 e. The predicted octanol–water partition coefficient (Wildman–Crippen LogP) is 4.85. The van der Waals surface area contributed by atoms with Crippen molar-refractivity contribution in [2.75, 3.05) is 19.0 Å². The Morgan fingerprint density at radius 3 is 2.58 bits per heavy atom. The van der Waals surface area contributed by atoms with E-state index in [4.69, 9.17) is 4.74 Å². The Bertz CT molecular complexity index is 805. The van der Waals surface area contributed by atoms with Crippen LogP contribution in [0.3, 0.4) is 0 Å². The summed E-state index contributed by atoms with van der Waals surface area (Å²) >= 11 is 0. The van der Waals surface area contributed by atoms with E-state index in [0.29, 0.717) is 24.3 Å². The van der Waals surface area contributed by atoms with Gasteiger partial charge in [-0.15, -0.1) is 0 Å². The van der Waals surface area contributed by atoms with E-state index in [0.717, 1.165) is 16.8 Å². The van der Waals surface area contributed by atoms with Crippen LogP contribution in [0.25, 0.3) is 6.08 Å². The van der Waals surface area contributed by atoms with Crippen LogP contribution < -0.4 is 10.1 Å². The molecular weight excluding hydrogens is 326 g/mol. The maximum absolute atomic E-state index is 12.4. The molecule has 0 amide bonds. The van der Waals surface area contributed by atoms with Crippen LogP contribution in [0.2, 0.25) is 0 Å². The summed E-state index contributed by atoms with van der Waals surface area (Å²) in [5, 5.41) is 13.2. The zero-order chi connectivity index (χ0) is 18.9. The van der Waals surface area contributed by atoms with E-state index < -0.39 is 0 Å². The average molecular weight is 351 g/mol. The summed E-state index contributed by atoms with van der Waals surface area (Å²) in [5.41, 5.74) is 3.13. The maximum atomic E-state index is 12.4. The van der Waals surface area contributed by atoms with Gasteiger partial charge in [-0.25, -0.2) is 0 Å². The number of ether oxygens (including phenoxy) is 1. The average Bonchev–Trinajstić information content (AvgIpc) is 2.66. The van der Waals surface area contributed by atoms with Crippen molar-refractivity contribution in [3.8, 4) is 11.5 Å². The SMILES string of the molecule is CC=CCc1cc(C=CC(=O)c2ccc(NC)cc2)c(OCC)cc1O. The predicted molar refractivity (Wildman–Crippen MR) is 107 cm³/mol. The second kappa shape index (κ2) is 9.47. The molecule has 0 fully saturated rings. The first-order valence-electron chi connectivity index (χ1n) is 8.69. The van der Waals surface area contributed by atoms with Gasteiger partial charge in [0.25, 0.3) is 0 Å². The molecule has 2 aromatic carbocycles. The Morgan fingerprint density at radius 1 is 1.23 bits per heavy atom. The third-order valence-electron chi connectivity index (χ3n) is 3.96. The number of hydrogen-bond donors (Lipinski definition) is 2. The number of anilines is 1. The zero-order valence-corrected chi connectivity index (χ0v) is 15.5. The smallest absolute Gasteiger partial charge is 0.185 e. The standard InChI is InChI=1S/C22H25NO3/c1-4-6-7-17-14-18(22(26-5-2)15-21(17)25)10-13-20(24)16-8-11-19(23-3)12-9-16/h4,6,8-15,23,25H,5,7H2,1-3H3. The molecule has 0 saturated heterocycles. The lowest BCUT2D eigenvalue weighted by molar-refractivity contribution is 0.104. The van der Waals surface area contributed by atoms with E-state index in [1.807, 2.05) is 51.2 Å². The molecule has 2 aromatic rings. The van der Waals surface area contributed by atoms with E-state index >= 15 is 0 Å². The maximum Gasteiger partial charge on any atom is 0.185 e. The minimum Gasteiger partial charge on any atom is -0.508 e. The van der Waals surface area contributed by atoms with Crippen LogP contribution in [-0.2, 0) is 6.42 Å². The molecule has 0 heterocycles. The second-order valence-electron chi connectivity index (χ2n) is 5.75. The molecule has 0 spiro atoms. The summed E-state index contributed by atoms with van der Waals surface area (Å²) in [5.74, 6) is 0.666. The van der Waals surface area contributed by atoms with Gasteiger partial charge in [-0.2, -0.15) is 0 Å². The number of carbonyl (C=O) groups excluding carboxylic acids is 1. The summed E-state index contributed by atoms with van der Waals surface area (Å²) in [6.45, 7) is 4.30. The molecule has 0 radical (unpaired) electrons. The highest BCUT2D eigenvalue weighted by atomic mass is 16.5. The van der Waals surface area contributed by atoms with Crippen molar-refractivity contribution in [1.82, 2.24) is 0 Å². The number of benzene rings is 2. The highest BCUT2D eigenvalue weighted by molar-refractivity contribution is 6.07. The van der Waals surface area contributed by atoms with Gasteiger partial charge in [0.15, 0.2) is 5.78 Å². The lowest BCUT2D eigenvalue weighted by Crippen LogP contribution is -1.97. The first kappa shape index (κ1) is 19.3. The topological polar surface area (TPSA) is 58.6 Å². The van der Waals surface area contributed by atoms with Gasteiger partial charge >= 0.3 is 0 Å². The summed E-state index contributed by atoms with van der Waals surface area (Å²) in [7, 11) is 1.84. The molecule has 4 nitrogen and oxygen atoms in total. The minimum absolute atomic E-state index is 0.0850. The van der Waals surface area contributed by atoms with Crippen molar-refractivity contribution in [1.29, 1.82) is 0 Å².